The highest BCUT2D eigenvalue weighted by molar-refractivity contribution is 7.93. The van der Waals surface area contributed by atoms with E-state index in [0.29, 0.717) is 27.8 Å². The zero-order valence-corrected chi connectivity index (χ0v) is 18.5. The topological polar surface area (TPSA) is 122 Å². The Balaban J connectivity index is 1.82. The number of carboxylic acid groups (broad SMARTS) is 1. The molecule has 0 aliphatic carbocycles. The molecule has 0 atom stereocenters. The molecule has 3 aromatic carbocycles. The third-order valence-corrected chi connectivity index (χ3v) is 5.96. The number of carbonyl (C=O) groups excluding carboxylic acids is 1. The molecule has 3 aromatic rings. The lowest BCUT2D eigenvalue weighted by atomic mass is 10.1. The van der Waals surface area contributed by atoms with E-state index in [2.05, 4.69) is 10.0 Å². The second-order valence-corrected chi connectivity index (χ2v) is 9.01. The van der Waals surface area contributed by atoms with Gasteiger partial charge in [-0.15, -0.1) is 0 Å². The molecule has 0 radical (unpaired) electrons. The van der Waals surface area contributed by atoms with Gasteiger partial charge in [0.15, 0.2) is 0 Å². The molecule has 0 aliphatic heterocycles. The molecule has 3 N–H and O–H groups in total. The Morgan fingerprint density at radius 2 is 1.62 bits per heavy atom. The number of anilines is 1. The van der Waals surface area contributed by atoms with Crippen molar-refractivity contribution >= 4 is 38.4 Å². The summed E-state index contributed by atoms with van der Waals surface area (Å²) in [6.45, 7) is 3.81. The maximum absolute atomic E-state index is 13.1. The summed E-state index contributed by atoms with van der Waals surface area (Å²) in [5.74, 6) is -0.841. The number of carboxylic acids is 1. The molecule has 0 aromatic heterocycles. The van der Waals surface area contributed by atoms with Gasteiger partial charge in [-0.05, 0) is 50.2 Å². The third kappa shape index (κ3) is 5.55. The number of aliphatic carboxylic acids is 1. The van der Waals surface area contributed by atoms with Gasteiger partial charge in [-0.2, -0.15) is 0 Å². The van der Waals surface area contributed by atoms with Crippen LogP contribution in [0, 0.1) is 0 Å². The molecule has 8 nitrogen and oxygen atoms in total. The molecule has 0 aliphatic rings. The number of hydrogen-bond donors (Lipinski definition) is 3. The minimum Gasteiger partial charge on any atom is -0.490 e. The molecular formula is C23H24N2O6S. The standard InChI is InChI=1S/C23H24N2O6S/c1-15(2)31-20-11-12-21(19-6-4-3-5-18(19)20)32(29,30)25-17-9-7-16(8-10-17)23(28)24-14-13-22(26)27/h3-12,15,25H,13-14H2,1-2H3,(H,24,28)(H,26,27). The van der Waals surface area contributed by atoms with Crippen LogP contribution in [0.4, 0.5) is 5.69 Å². The van der Waals surface area contributed by atoms with Crippen LogP contribution in [-0.2, 0) is 14.8 Å². The number of amides is 1. The van der Waals surface area contributed by atoms with E-state index in [1.165, 1.54) is 30.3 Å². The first kappa shape index (κ1) is 23.1. The molecule has 0 saturated carbocycles. The van der Waals surface area contributed by atoms with Crippen molar-refractivity contribution in [1.29, 1.82) is 0 Å². The summed E-state index contributed by atoms with van der Waals surface area (Å²) in [4.78, 5) is 22.7. The van der Waals surface area contributed by atoms with Crippen LogP contribution in [0.5, 0.6) is 5.75 Å². The summed E-state index contributed by atoms with van der Waals surface area (Å²) in [5.41, 5.74) is 0.581. The highest BCUT2D eigenvalue weighted by Crippen LogP contribution is 2.32. The number of sulfonamides is 1. The van der Waals surface area contributed by atoms with Gasteiger partial charge in [-0.1, -0.05) is 24.3 Å². The normalized spacial score (nSPS) is 11.3. The summed E-state index contributed by atoms with van der Waals surface area (Å²) in [6.07, 6.45) is -0.239. The molecular weight excluding hydrogens is 432 g/mol. The fourth-order valence-corrected chi connectivity index (χ4v) is 4.39. The van der Waals surface area contributed by atoms with Crippen molar-refractivity contribution in [2.45, 2.75) is 31.3 Å². The average Bonchev–Trinajstić information content (AvgIpc) is 2.73. The van der Waals surface area contributed by atoms with E-state index < -0.39 is 21.9 Å². The van der Waals surface area contributed by atoms with Crippen LogP contribution in [0.2, 0.25) is 0 Å². The predicted octanol–water partition coefficient (Wildman–Crippen LogP) is 3.63. The molecule has 0 heterocycles. The van der Waals surface area contributed by atoms with Crippen LogP contribution in [0.1, 0.15) is 30.6 Å². The average molecular weight is 457 g/mol. The van der Waals surface area contributed by atoms with Crippen LogP contribution >= 0.6 is 0 Å². The highest BCUT2D eigenvalue weighted by Gasteiger charge is 2.20. The second kappa shape index (κ2) is 9.69. The number of benzene rings is 3. The molecule has 3 rings (SSSR count). The summed E-state index contributed by atoms with van der Waals surface area (Å²) in [7, 11) is -3.91. The van der Waals surface area contributed by atoms with Crippen molar-refractivity contribution < 1.29 is 27.9 Å². The van der Waals surface area contributed by atoms with E-state index in [4.69, 9.17) is 9.84 Å². The number of fused-ring (bicyclic) bond motifs is 1. The molecule has 0 bridgehead atoms. The van der Waals surface area contributed by atoms with E-state index in [1.54, 1.807) is 18.2 Å². The van der Waals surface area contributed by atoms with Gasteiger partial charge >= 0.3 is 5.97 Å². The van der Waals surface area contributed by atoms with E-state index >= 15 is 0 Å². The Morgan fingerprint density at radius 3 is 2.25 bits per heavy atom. The first-order valence-electron chi connectivity index (χ1n) is 9.98. The van der Waals surface area contributed by atoms with Crippen molar-refractivity contribution in [3.05, 3.63) is 66.2 Å². The fourth-order valence-electron chi connectivity index (χ4n) is 3.12. The van der Waals surface area contributed by atoms with Gasteiger partial charge in [0.05, 0.1) is 17.4 Å². The third-order valence-electron chi connectivity index (χ3n) is 4.52. The molecule has 9 heteroatoms. The molecule has 0 spiro atoms. The van der Waals surface area contributed by atoms with Crippen LogP contribution in [0.15, 0.2) is 65.6 Å². The summed E-state index contributed by atoms with van der Waals surface area (Å²) in [5, 5.41) is 12.4. The molecule has 168 valence electrons. The lowest BCUT2D eigenvalue weighted by Gasteiger charge is -2.15. The Kier molecular flexibility index (Phi) is 6.99. The van der Waals surface area contributed by atoms with Gasteiger partial charge in [-0.3, -0.25) is 14.3 Å². The Labute approximate surface area is 186 Å². The van der Waals surface area contributed by atoms with Crippen LogP contribution in [0.25, 0.3) is 10.8 Å². The van der Waals surface area contributed by atoms with Gasteiger partial charge in [0.2, 0.25) is 0 Å². The lowest BCUT2D eigenvalue weighted by molar-refractivity contribution is -0.136. The zero-order valence-electron chi connectivity index (χ0n) is 17.7. The van der Waals surface area contributed by atoms with E-state index in [1.807, 2.05) is 26.0 Å². The van der Waals surface area contributed by atoms with Crippen LogP contribution < -0.4 is 14.8 Å². The van der Waals surface area contributed by atoms with Gasteiger partial charge in [0.1, 0.15) is 5.75 Å². The first-order valence-corrected chi connectivity index (χ1v) is 11.5. The molecule has 0 saturated heterocycles. The zero-order chi connectivity index (χ0) is 23.3. The fraction of sp³-hybridized carbons (Fsp3) is 0.217. The SMILES string of the molecule is CC(C)Oc1ccc(S(=O)(=O)Nc2ccc(C(=O)NCCC(=O)O)cc2)c2ccccc12. The number of rotatable bonds is 9. The maximum Gasteiger partial charge on any atom is 0.305 e. The minimum absolute atomic E-state index is 0.00609. The highest BCUT2D eigenvalue weighted by atomic mass is 32.2. The van der Waals surface area contributed by atoms with E-state index in [0.717, 1.165) is 0 Å². The van der Waals surface area contributed by atoms with Gasteiger partial charge in [0, 0.05) is 28.6 Å². The van der Waals surface area contributed by atoms with Crippen molar-refractivity contribution in [2.24, 2.45) is 0 Å². The van der Waals surface area contributed by atoms with Crippen LogP contribution in [0.3, 0.4) is 0 Å². The Bertz CT molecular complexity index is 1240. The number of carbonyl (C=O) groups is 2. The Morgan fingerprint density at radius 1 is 0.969 bits per heavy atom. The number of hydrogen-bond acceptors (Lipinski definition) is 5. The monoisotopic (exact) mass is 456 g/mol. The van der Waals surface area contributed by atoms with Gasteiger partial charge < -0.3 is 15.2 Å². The van der Waals surface area contributed by atoms with Gasteiger partial charge in [0.25, 0.3) is 15.9 Å². The molecule has 0 unspecified atom stereocenters. The number of nitrogens with one attached hydrogen (secondary N) is 2. The van der Waals surface area contributed by atoms with Crippen molar-refractivity contribution in [2.75, 3.05) is 11.3 Å². The second-order valence-electron chi connectivity index (χ2n) is 7.36. The molecule has 32 heavy (non-hydrogen) atoms. The van der Waals surface area contributed by atoms with Crippen LogP contribution in [-0.4, -0.2) is 38.0 Å². The summed E-state index contributed by atoms with van der Waals surface area (Å²) in [6, 6.07) is 16.1. The van der Waals surface area contributed by atoms with Crippen molar-refractivity contribution in [1.82, 2.24) is 5.32 Å². The maximum atomic E-state index is 13.1. The smallest absolute Gasteiger partial charge is 0.305 e. The quantitative estimate of drug-likeness (QED) is 0.452. The lowest BCUT2D eigenvalue weighted by Crippen LogP contribution is -2.25. The minimum atomic E-state index is -3.91. The van der Waals surface area contributed by atoms with Crippen molar-refractivity contribution in [3.8, 4) is 5.75 Å². The predicted molar refractivity (Wildman–Crippen MR) is 122 cm³/mol. The van der Waals surface area contributed by atoms with Crippen molar-refractivity contribution in [3.63, 3.8) is 0 Å². The summed E-state index contributed by atoms with van der Waals surface area (Å²) < 4.78 is 34.5. The van der Waals surface area contributed by atoms with Gasteiger partial charge in [-0.25, -0.2) is 8.42 Å². The first-order chi connectivity index (χ1) is 15.2. The molecule has 1 amide bonds. The largest absolute Gasteiger partial charge is 0.490 e. The Hall–Kier alpha value is -3.59. The van der Waals surface area contributed by atoms with E-state index in [-0.39, 0.29) is 24.0 Å². The summed E-state index contributed by atoms with van der Waals surface area (Å²) >= 11 is 0. The number of ether oxygens (including phenoxy) is 1. The van der Waals surface area contributed by atoms with E-state index in [9.17, 15) is 18.0 Å². The molecule has 0 fully saturated rings.